The number of nitro benzene ring substituents is 1. The highest BCUT2D eigenvalue weighted by atomic mass is 32.2. The van der Waals surface area contributed by atoms with Crippen LogP contribution in [0.15, 0.2) is 53.4 Å². The Bertz CT molecular complexity index is 1170. The molecule has 2 aromatic carbocycles. The number of alkyl halides is 3. The van der Waals surface area contributed by atoms with Gasteiger partial charge in [-0.3, -0.25) is 24.6 Å². The molecular weight excluding hydrogens is 503 g/mol. The fourth-order valence-electron chi connectivity index (χ4n) is 3.32. The summed E-state index contributed by atoms with van der Waals surface area (Å²) in [6, 6.07) is 10.6. The van der Waals surface area contributed by atoms with Crippen molar-refractivity contribution in [3.05, 3.63) is 74.7 Å². The van der Waals surface area contributed by atoms with Crippen LogP contribution < -0.4 is 5.32 Å². The number of thioether (sulfide) groups is 1. The maximum Gasteiger partial charge on any atom is 0.418 e. The molecule has 0 aromatic heterocycles. The third-order valence-electron chi connectivity index (χ3n) is 5.07. The fourth-order valence-corrected chi connectivity index (χ4v) is 4.63. The largest absolute Gasteiger partial charge is 0.418 e. The quantitative estimate of drug-likeness (QED) is 0.142. The lowest BCUT2D eigenvalue weighted by Gasteiger charge is -2.14. The predicted octanol–water partition coefficient (Wildman–Crippen LogP) is 6.01. The Morgan fingerprint density at radius 1 is 1.11 bits per heavy atom. The van der Waals surface area contributed by atoms with Gasteiger partial charge in [0.05, 0.1) is 21.1 Å². The summed E-state index contributed by atoms with van der Waals surface area (Å²) in [5.74, 6) is -0.779. The van der Waals surface area contributed by atoms with E-state index in [0.717, 1.165) is 17.8 Å². The van der Waals surface area contributed by atoms with Crippen LogP contribution >= 0.6 is 24.0 Å². The number of unbranched alkanes of at least 4 members (excludes halogenated alkanes) is 2. The van der Waals surface area contributed by atoms with Crippen molar-refractivity contribution < 1.29 is 27.7 Å². The van der Waals surface area contributed by atoms with E-state index in [0.29, 0.717) is 40.6 Å². The molecule has 0 saturated carbocycles. The average Bonchev–Trinajstić information content (AvgIpc) is 3.06. The number of hydrogen-bond donors (Lipinski definition) is 1. The molecular formula is C23H20F3N3O4S2. The van der Waals surface area contributed by atoms with Crippen LogP contribution in [-0.4, -0.2) is 32.5 Å². The number of nitro groups is 1. The molecule has 1 fully saturated rings. The first kappa shape index (κ1) is 26.4. The molecule has 0 spiro atoms. The van der Waals surface area contributed by atoms with Crippen molar-refractivity contribution >= 4 is 57.6 Å². The van der Waals surface area contributed by atoms with Crippen molar-refractivity contribution in [2.45, 2.75) is 31.9 Å². The summed E-state index contributed by atoms with van der Waals surface area (Å²) in [7, 11) is 0. The minimum atomic E-state index is -4.56. The van der Waals surface area contributed by atoms with Gasteiger partial charge in [-0.15, -0.1) is 0 Å². The maximum atomic E-state index is 13.0. The molecule has 2 amide bonds. The van der Waals surface area contributed by atoms with Crippen LogP contribution in [-0.2, 0) is 15.8 Å². The van der Waals surface area contributed by atoms with E-state index in [1.165, 1.54) is 35.2 Å². The monoisotopic (exact) mass is 523 g/mol. The van der Waals surface area contributed by atoms with Gasteiger partial charge >= 0.3 is 6.18 Å². The molecule has 7 nitrogen and oxygen atoms in total. The van der Waals surface area contributed by atoms with Gasteiger partial charge in [0.2, 0.25) is 5.91 Å². The third kappa shape index (κ3) is 7.12. The number of non-ortho nitro benzene ring substituents is 1. The van der Waals surface area contributed by atoms with Crippen LogP contribution in [0.25, 0.3) is 6.08 Å². The molecule has 0 aliphatic carbocycles. The van der Waals surface area contributed by atoms with Gasteiger partial charge in [0.1, 0.15) is 4.32 Å². The molecule has 3 rings (SSSR count). The Balaban J connectivity index is 1.45. The van der Waals surface area contributed by atoms with Crippen molar-refractivity contribution in [1.82, 2.24) is 4.90 Å². The summed E-state index contributed by atoms with van der Waals surface area (Å²) in [4.78, 5) is 36.9. The third-order valence-corrected chi connectivity index (χ3v) is 6.45. The van der Waals surface area contributed by atoms with Gasteiger partial charge in [-0.25, -0.2) is 0 Å². The molecule has 1 aliphatic rings. The van der Waals surface area contributed by atoms with E-state index in [4.69, 9.17) is 12.2 Å². The first-order chi connectivity index (χ1) is 16.6. The van der Waals surface area contributed by atoms with Crippen LogP contribution in [0.4, 0.5) is 24.5 Å². The Morgan fingerprint density at radius 3 is 2.46 bits per heavy atom. The van der Waals surface area contributed by atoms with E-state index in [-0.39, 0.29) is 23.7 Å². The summed E-state index contributed by atoms with van der Waals surface area (Å²) in [6.07, 6.45) is -1.32. The number of halogens is 3. The molecule has 0 bridgehead atoms. The van der Waals surface area contributed by atoms with Gasteiger partial charge < -0.3 is 5.32 Å². The van der Waals surface area contributed by atoms with Gasteiger partial charge in [-0.1, -0.05) is 42.5 Å². The van der Waals surface area contributed by atoms with Gasteiger partial charge in [0.25, 0.3) is 11.6 Å². The van der Waals surface area contributed by atoms with Gasteiger partial charge in [-0.2, -0.15) is 13.2 Å². The number of anilines is 1. The van der Waals surface area contributed by atoms with Crippen molar-refractivity contribution in [3.63, 3.8) is 0 Å². The number of amides is 2. The van der Waals surface area contributed by atoms with Crippen LogP contribution in [0.1, 0.15) is 36.8 Å². The second kappa shape index (κ2) is 11.5. The molecule has 35 heavy (non-hydrogen) atoms. The SMILES string of the molecule is O=C(CCCCCN1C(=O)/C(=C/c2ccc([N+](=O)[O-])cc2)SC1=S)Nc1ccccc1C(F)(F)F. The Morgan fingerprint density at radius 2 is 1.80 bits per heavy atom. The van der Waals surface area contributed by atoms with Crippen molar-refractivity contribution in [2.24, 2.45) is 0 Å². The predicted molar refractivity (Wildman–Crippen MR) is 132 cm³/mol. The number of nitrogens with zero attached hydrogens (tertiary/aromatic N) is 2. The van der Waals surface area contributed by atoms with Crippen LogP contribution in [0.2, 0.25) is 0 Å². The van der Waals surface area contributed by atoms with Crippen LogP contribution in [0.3, 0.4) is 0 Å². The van der Waals surface area contributed by atoms with Crippen molar-refractivity contribution in [3.8, 4) is 0 Å². The number of rotatable bonds is 9. The van der Waals surface area contributed by atoms with Gasteiger partial charge in [0.15, 0.2) is 0 Å². The molecule has 2 aromatic rings. The zero-order valence-electron chi connectivity index (χ0n) is 18.2. The van der Waals surface area contributed by atoms with Gasteiger partial charge in [-0.05, 0) is 48.7 Å². The minimum Gasteiger partial charge on any atom is -0.326 e. The van der Waals surface area contributed by atoms with Gasteiger partial charge in [0, 0.05) is 25.1 Å². The average molecular weight is 524 g/mol. The maximum absolute atomic E-state index is 13.0. The lowest BCUT2D eigenvalue weighted by Crippen LogP contribution is -2.29. The highest BCUT2D eigenvalue weighted by Crippen LogP contribution is 2.35. The molecule has 1 N–H and O–H groups in total. The van der Waals surface area contributed by atoms with Crippen molar-refractivity contribution in [1.29, 1.82) is 0 Å². The van der Waals surface area contributed by atoms with E-state index < -0.39 is 22.6 Å². The van der Waals surface area contributed by atoms with E-state index in [9.17, 15) is 32.9 Å². The first-order valence-corrected chi connectivity index (χ1v) is 11.7. The summed E-state index contributed by atoms with van der Waals surface area (Å²) in [5.41, 5.74) is -0.589. The topological polar surface area (TPSA) is 92.5 Å². The Labute approximate surface area is 208 Å². The summed E-state index contributed by atoms with van der Waals surface area (Å²) in [6.45, 7) is 0.348. The van der Waals surface area contributed by atoms with E-state index in [1.807, 2.05) is 0 Å². The molecule has 0 atom stereocenters. The van der Waals surface area contributed by atoms with Crippen LogP contribution in [0, 0.1) is 10.1 Å². The zero-order chi connectivity index (χ0) is 25.6. The number of carbonyl (C=O) groups is 2. The molecule has 1 heterocycles. The van der Waals surface area contributed by atoms with Crippen LogP contribution in [0.5, 0.6) is 0 Å². The summed E-state index contributed by atoms with van der Waals surface area (Å²) >= 11 is 6.42. The number of para-hydroxylation sites is 1. The summed E-state index contributed by atoms with van der Waals surface area (Å²) < 4.78 is 39.5. The second-order valence-electron chi connectivity index (χ2n) is 7.58. The fraction of sp³-hybridized carbons (Fsp3) is 0.261. The molecule has 1 saturated heterocycles. The highest BCUT2D eigenvalue weighted by molar-refractivity contribution is 8.26. The number of thiocarbonyl (C=S) groups is 1. The van der Waals surface area contributed by atoms with Crippen molar-refractivity contribution in [2.75, 3.05) is 11.9 Å². The lowest BCUT2D eigenvalue weighted by atomic mass is 10.1. The highest BCUT2D eigenvalue weighted by Gasteiger charge is 2.33. The lowest BCUT2D eigenvalue weighted by molar-refractivity contribution is -0.384. The molecule has 12 heteroatoms. The Hall–Kier alpha value is -3.25. The standard InChI is InChI=1S/C23H20F3N3O4S2/c24-23(25,26)17-6-3-4-7-18(17)27-20(30)8-2-1-5-13-28-21(31)19(35-22(28)34)14-15-9-11-16(12-10-15)29(32)33/h3-4,6-7,9-12,14H,1-2,5,8,13H2,(H,27,30)/b19-14-. The second-order valence-corrected chi connectivity index (χ2v) is 9.26. The Kier molecular flexibility index (Phi) is 8.62. The molecule has 184 valence electrons. The number of hydrogen-bond acceptors (Lipinski definition) is 6. The smallest absolute Gasteiger partial charge is 0.326 e. The van der Waals surface area contributed by atoms with E-state index >= 15 is 0 Å². The molecule has 1 aliphatic heterocycles. The minimum absolute atomic E-state index is 0.0463. The zero-order valence-corrected chi connectivity index (χ0v) is 19.8. The number of carbonyl (C=O) groups excluding carboxylic acids is 2. The summed E-state index contributed by atoms with van der Waals surface area (Å²) in [5, 5.41) is 13.1. The molecule has 0 radical (unpaired) electrons. The first-order valence-electron chi connectivity index (χ1n) is 10.5. The van der Waals surface area contributed by atoms with E-state index in [2.05, 4.69) is 5.32 Å². The number of nitrogens with one attached hydrogen (secondary N) is 1. The molecule has 0 unspecified atom stereocenters. The normalized spacial score (nSPS) is 15.1. The number of benzene rings is 2. The van der Waals surface area contributed by atoms with E-state index in [1.54, 1.807) is 18.2 Å².